The minimum absolute atomic E-state index is 0.0241. The van der Waals surface area contributed by atoms with Crippen LogP contribution in [0.3, 0.4) is 0 Å². The molecule has 0 bridgehead atoms. The zero-order chi connectivity index (χ0) is 60.7. The van der Waals surface area contributed by atoms with E-state index < -0.39 is 194 Å². The SMILES string of the molecule is CC(C)=CCCC(C)(O)[C@H]1CCC2C3CC(O[C@@H]4OC(C)[C@@H](O)C(O[C@@H]5OC[C@@H](O[C@@H]6OC(C)[C@H](O)C(O)C6O[C@@H]6OC(C)[C@@H](O)C(O)C6O)C(O)C5O[C@@H]5OC(C)[C@@H](O)C(O)C5O)C4O)C4CC(OS(=O)(=O)O)CC[C@]4(C)C3=CC[C@@]21C. The van der Waals surface area contributed by atoms with Gasteiger partial charge < -0.3 is 109 Å². The highest BCUT2D eigenvalue weighted by Crippen LogP contribution is 2.67. The zero-order valence-corrected chi connectivity index (χ0v) is 49.4. The second-order valence-corrected chi connectivity index (χ2v) is 27.2. The summed E-state index contributed by atoms with van der Waals surface area (Å²) in [4.78, 5) is 0. The van der Waals surface area contributed by atoms with Gasteiger partial charge in [0.1, 0.15) is 91.6 Å². The van der Waals surface area contributed by atoms with E-state index in [9.17, 15) is 74.2 Å². The quantitative estimate of drug-likeness (QED) is 0.0657. The van der Waals surface area contributed by atoms with Crippen molar-refractivity contribution in [2.45, 2.75) is 285 Å². The predicted molar refractivity (Wildman–Crippen MR) is 284 cm³/mol. The molecule has 3 saturated carbocycles. The van der Waals surface area contributed by atoms with E-state index in [0.29, 0.717) is 25.7 Å². The van der Waals surface area contributed by atoms with E-state index >= 15 is 0 Å². The largest absolute Gasteiger partial charge is 0.397 e. The van der Waals surface area contributed by atoms with Gasteiger partial charge in [-0.1, -0.05) is 37.1 Å². The number of hydrogen-bond acceptors (Lipinski definition) is 25. The molecule has 5 aliphatic heterocycles. The summed E-state index contributed by atoms with van der Waals surface area (Å²) >= 11 is 0. The summed E-state index contributed by atoms with van der Waals surface area (Å²) < 4.78 is 101. The minimum Gasteiger partial charge on any atom is -0.390 e. The number of rotatable bonds is 16. The second-order valence-electron chi connectivity index (χ2n) is 26.2. The summed E-state index contributed by atoms with van der Waals surface area (Å²) in [5.74, 6) is -0.423. The highest BCUT2D eigenvalue weighted by molar-refractivity contribution is 7.80. The van der Waals surface area contributed by atoms with Gasteiger partial charge >= 0.3 is 10.4 Å². The second kappa shape index (κ2) is 25.4. The molecule has 0 amide bonds. The van der Waals surface area contributed by atoms with Crippen molar-refractivity contribution in [2.24, 2.45) is 34.5 Å². The number of fused-ring (bicyclic) bond motifs is 5. The lowest BCUT2D eigenvalue weighted by Gasteiger charge is -2.60. The minimum atomic E-state index is -4.85. The molecule has 33 atom stereocenters. The average Bonchev–Trinajstić information content (AvgIpc) is 2.27. The Balaban J connectivity index is 0.978. The van der Waals surface area contributed by atoms with Gasteiger partial charge in [-0.3, -0.25) is 4.55 Å². The van der Waals surface area contributed by atoms with Crippen molar-refractivity contribution in [3.8, 4) is 0 Å². The number of hydrogen-bond donors (Lipinski definition) is 13. The summed E-state index contributed by atoms with van der Waals surface area (Å²) in [6.45, 7) is 15.5. The maximum atomic E-state index is 12.4. The molecule has 8 fully saturated rings. The van der Waals surface area contributed by atoms with E-state index in [4.69, 9.17) is 51.6 Å². The van der Waals surface area contributed by atoms with E-state index in [2.05, 4.69) is 26.0 Å². The van der Waals surface area contributed by atoms with Crippen molar-refractivity contribution < 1.29 is 126 Å². The van der Waals surface area contributed by atoms with Crippen LogP contribution in [0.4, 0.5) is 0 Å². The van der Waals surface area contributed by atoms with E-state index in [0.717, 1.165) is 25.7 Å². The van der Waals surface area contributed by atoms with E-state index in [1.807, 2.05) is 20.8 Å². The van der Waals surface area contributed by atoms with Crippen molar-refractivity contribution in [1.29, 1.82) is 0 Å². The summed E-state index contributed by atoms with van der Waals surface area (Å²) in [5, 5.41) is 135. The van der Waals surface area contributed by atoms with Crippen molar-refractivity contribution >= 4 is 10.4 Å². The molecular weight excluding hydrogens is 1120 g/mol. The molecule has 9 aliphatic rings. The Labute approximate surface area is 484 Å². The predicted octanol–water partition coefficient (Wildman–Crippen LogP) is -0.908. The normalized spacial score (nSPS) is 52.1. The molecule has 0 radical (unpaired) electrons. The number of allylic oxidation sites excluding steroid dienone is 4. The molecule has 5 heterocycles. The summed E-state index contributed by atoms with van der Waals surface area (Å²) in [7, 11) is -4.85. The van der Waals surface area contributed by atoms with Crippen molar-refractivity contribution in [3.63, 3.8) is 0 Å². The van der Waals surface area contributed by atoms with Crippen LogP contribution in [0, 0.1) is 34.5 Å². The molecular formula is C56H92O26S. The molecule has 0 aromatic heterocycles. The molecule has 0 aromatic rings. The lowest BCUT2D eigenvalue weighted by molar-refractivity contribution is -0.397. The van der Waals surface area contributed by atoms with E-state index in [1.165, 1.54) is 38.8 Å². The van der Waals surface area contributed by atoms with Crippen LogP contribution in [-0.2, 0) is 62.0 Å². The fraction of sp³-hybridized carbons (Fsp3) is 0.929. The molecule has 83 heavy (non-hydrogen) atoms. The smallest absolute Gasteiger partial charge is 0.390 e. The van der Waals surface area contributed by atoms with E-state index in [1.54, 1.807) is 0 Å². The van der Waals surface area contributed by atoms with Gasteiger partial charge in [-0.2, -0.15) is 8.42 Å². The van der Waals surface area contributed by atoms with Crippen LogP contribution in [0.15, 0.2) is 23.3 Å². The van der Waals surface area contributed by atoms with Crippen molar-refractivity contribution in [3.05, 3.63) is 23.3 Å². The Morgan fingerprint density at radius 2 is 1.13 bits per heavy atom. The fourth-order valence-electron chi connectivity index (χ4n) is 15.5. The third-order valence-electron chi connectivity index (χ3n) is 20.3. The van der Waals surface area contributed by atoms with Crippen LogP contribution in [0.1, 0.15) is 120 Å². The molecule has 0 aromatic carbocycles. The van der Waals surface area contributed by atoms with Crippen LogP contribution in [-0.4, -0.2) is 246 Å². The Hall–Kier alpha value is -1.53. The monoisotopic (exact) mass is 1210 g/mol. The highest BCUT2D eigenvalue weighted by atomic mass is 32.3. The standard InChI is InChI=1S/C56H92O26S/c1-22(2)11-10-16-56(9,68)34-13-12-29-28-20-32(31-19-27(82-83(69,70)71)14-17-54(31,7)30(28)15-18-55(29,34)8)77-51-45(67)46(38(60)26(6)75-51)79-52-47(80-49-43(65)40(62)35(57)23(3)73-49)39(61)33(21-72-52)78-53-48(42(64)37(59)25(5)76-53)81-50-44(66)41(63)36(58)24(4)74-50/h11,15,23-29,31-53,57-68H,10,12-14,16-21H2,1-9H3,(H,69,70,71)/t23?,24?,25?,26?,27?,28?,29?,31?,32?,33-,34+,35-,36-,37+,38-,39?,40?,41?,42?,43?,44?,45?,46?,47?,48?,49+,50+,51+,52+,53+,54-,55+,56?/m1/s1. The first-order chi connectivity index (χ1) is 38.8. The van der Waals surface area contributed by atoms with Gasteiger partial charge in [0.25, 0.3) is 0 Å². The first-order valence-corrected chi connectivity index (χ1v) is 30.8. The number of aliphatic hydroxyl groups is 12. The first-order valence-electron chi connectivity index (χ1n) is 29.5. The maximum absolute atomic E-state index is 12.4. The molecule has 5 saturated heterocycles. The molecule has 4 aliphatic carbocycles. The lowest BCUT2D eigenvalue weighted by Crippen LogP contribution is -2.66. The van der Waals surface area contributed by atoms with Crippen LogP contribution >= 0.6 is 0 Å². The molecule has 20 unspecified atom stereocenters. The summed E-state index contributed by atoms with van der Waals surface area (Å²) in [5.41, 5.74) is 0.549. The molecule has 478 valence electrons. The molecule has 27 heteroatoms. The van der Waals surface area contributed by atoms with Gasteiger partial charge in [0.05, 0.1) is 48.8 Å². The number of aliphatic hydroxyl groups excluding tert-OH is 11. The van der Waals surface area contributed by atoms with Crippen LogP contribution < -0.4 is 0 Å². The van der Waals surface area contributed by atoms with Gasteiger partial charge in [0, 0.05) is 0 Å². The van der Waals surface area contributed by atoms with Crippen LogP contribution in [0.5, 0.6) is 0 Å². The lowest BCUT2D eigenvalue weighted by atomic mass is 9.47. The Bertz CT molecular complexity index is 2380. The van der Waals surface area contributed by atoms with E-state index in [-0.39, 0.29) is 29.6 Å². The van der Waals surface area contributed by atoms with Crippen molar-refractivity contribution in [2.75, 3.05) is 6.61 Å². The Morgan fingerprint density at radius 1 is 0.614 bits per heavy atom. The average molecular weight is 1210 g/mol. The Kier molecular flexibility index (Phi) is 20.2. The Morgan fingerprint density at radius 3 is 1.71 bits per heavy atom. The van der Waals surface area contributed by atoms with Crippen LogP contribution in [0.25, 0.3) is 0 Å². The topological polar surface area (TPSA) is 399 Å². The molecule has 9 rings (SSSR count). The molecule has 13 N–H and O–H groups in total. The summed E-state index contributed by atoms with van der Waals surface area (Å²) in [6, 6.07) is 0. The van der Waals surface area contributed by atoms with Gasteiger partial charge in [-0.15, -0.1) is 0 Å². The van der Waals surface area contributed by atoms with Gasteiger partial charge in [0.15, 0.2) is 31.5 Å². The van der Waals surface area contributed by atoms with Gasteiger partial charge in [0.2, 0.25) is 0 Å². The third-order valence-corrected chi connectivity index (χ3v) is 20.8. The first kappa shape index (κ1) is 65.9. The summed E-state index contributed by atoms with van der Waals surface area (Å²) in [6.07, 6.45) is -31.1. The molecule has 26 nitrogen and oxygen atoms in total. The van der Waals surface area contributed by atoms with Gasteiger partial charge in [-0.05, 0) is 141 Å². The fourth-order valence-corrected chi connectivity index (χ4v) is 16.0. The number of ether oxygens (including phenoxy) is 10. The third kappa shape index (κ3) is 13.1. The van der Waals surface area contributed by atoms with Crippen molar-refractivity contribution in [1.82, 2.24) is 0 Å². The zero-order valence-electron chi connectivity index (χ0n) is 48.6. The molecule has 0 spiro atoms. The highest BCUT2D eigenvalue weighted by Gasteiger charge is 2.63. The van der Waals surface area contributed by atoms with Gasteiger partial charge in [-0.25, -0.2) is 4.18 Å². The maximum Gasteiger partial charge on any atom is 0.397 e. The van der Waals surface area contributed by atoms with Crippen LogP contribution in [0.2, 0.25) is 0 Å².